The van der Waals surface area contributed by atoms with Crippen LogP contribution in [0.5, 0.6) is 0 Å². The van der Waals surface area contributed by atoms with Crippen molar-refractivity contribution in [3.05, 3.63) is 59.2 Å². The predicted molar refractivity (Wildman–Crippen MR) is 116 cm³/mol. The van der Waals surface area contributed by atoms with Crippen molar-refractivity contribution in [2.75, 3.05) is 13.1 Å². The monoisotopic (exact) mass is 452 g/mol. The lowest BCUT2D eigenvalue weighted by molar-refractivity contribution is 0.0955. The predicted octanol–water partition coefficient (Wildman–Crippen LogP) is 2.37. The van der Waals surface area contributed by atoms with E-state index in [2.05, 4.69) is 10.3 Å². The maximum absolute atomic E-state index is 12.6. The zero-order valence-corrected chi connectivity index (χ0v) is 17.9. The highest BCUT2D eigenvalue weighted by Crippen LogP contribution is 2.24. The van der Waals surface area contributed by atoms with Gasteiger partial charge in [0.2, 0.25) is 10.0 Å². The second-order valence-corrected chi connectivity index (χ2v) is 9.78. The van der Waals surface area contributed by atoms with Gasteiger partial charge in [-0.1, -0.05) is 12.1 Å². The minimum atomic E-state index is -3.52. The maximum atomic E-state index is 12.6. The van der Waals surface area contributed by atoms with Gasteiger partial charge in [0.15, 0.2) is 0 Å². The van der Waals surface area contributed by atoms with E-state index >= 15 is 0 Å². The Morgan fingerprint density at radius 3 is 2.69 bits per heavy atom. The molecule has 154 valence electrons. The number of pyridine rings is 1. The third kappa shape index (κ3) is 4.59. The number of thiophene rings is 1. The van der Waals surface area contributed by atoms with Crippen LogP contribution in [-0.4, -0.2) is 42.7 Å². The molecule has 3 aromatic rings. The molecule has 1 amide bonds. The molecule has 4 rings (SSSR count). The quantitative estimate of drug-likeness (QED) is 0.618. The summed E-state index contributed by atoms with van der Waals surface area (Å²) in [6, 6.07) is 10.2. The van der Waals surface area contributed by atoms with Gasteiger partial charge in [0.05, 0.1) is 14.5 Å². The zero-order valence-electron chi connectivity index (χ0n) is 15.4. The number of sulfonamides is 1. The molecule has 7 nitrogen and oxygen atoms in total. The number of hydrogen-bond acceptors (Lipinski definition) is 6. The zero-order chi connectivity index (χ0) is 19.7. The Labute approximate surface area is 179 Å². The third-order valence-corrected chi connectivity index (χ3v) is 7.71. The molecule has 10 heteroatoms. The number of halogens is 1. The molecule has 3 N–H and O–H groups in total. The van der Waals surface area contributed by atoms with Gasteiger partial charge in [-0.25, -0.2) is 8.42 Å². The molecule has 1 unspecified atom stereocenters. The smallest absolute Gasteiger partial charge is 0.261 e. The summed E-state index contributed by atoms with van der Waals surface area (Å²) < 4.78 is 27.6. The van der Waals surface area contributed by atoms with Crippen molar-refractivity contribution in [3.8, 4) is 0 Å². The number of rotatable bonds is 5. The van der Waals surface area contributed by atoms with Gasteiger partial charge in [0.1, 0.15) is 0 Å². The summed E-state index contributed by atoms with van der Waals surface area (Å²) in [5.74, 6) is -0.163. The number of nitrogens with zero attached hydrogens (tertiary/aromatic N) is 2. The molecule has 0 bridgehead atoms. The van der Waals surface area contributed by atoms with Gasteiger partial charge in [-0.2, -0.15) is 4.31 Å². The van der Waals surface area contributed by atoms with Gasteiger partial charge in [-0.15, -0.1) is 23.7 Å². The van der Waals surface area contributed by atoms with Crippen molar-refractivity contribution in [2.24, 2.45) is 5.73 Å². The highest BCUT2D eigenvalue weighted by Gasteiger charge is 2.30. The highest BCUT2D eigenvalue weighted by molar-refractivity contribution is 7.89. The van der Waals surface area contributed by atoms with E-state index in [0.717, 1.165) is 15.6 Å². The Bertz CT molecular complexity index is 1080. The second kappa shape index (κ2) is 8.76. The normalized spacial score (nSPS) is 17.2. The van der Waals surface area contributed by atoms with Crippen LogP contribution in [-0.2, 0) is 16.6 Å². The van der Waals surface area contributed by atoms with Crippen molar-refractivity contribution in [2.45, 2.75) is 23.9 Å². The summed E-state index contributed by atoms with van der Waals surface area (Å²) in [6.07, 6.45) is 4.11. The number of amides is 1. The number of benzene rings is 1. The molecule has 1 atom stereocenters. The van der Waals surface area contributed by atoms with Crippen LogP contribution in [0.4, 0.5) is 0 Å². The fourth-order valence-electron chi connectivity index (χ4n) is 3.17. The maximum Gasteiger partial charge on any atom is 0.261 e. The van der Waals surface area contributed by atoms with Gasteiger partial charge < -0.3 is 11.1 Å². The van der Waals surface area contributed by atoms with Crippen LogP contribution in [0.3, 0.4) is 0 Å². The lowest BCUT2D eigenvalue weighted by Gasteiger charge is -2.16. The van der Waals surface area contributed by atoms with Gasteiger partial charge >= 0.3 is 0 Å². The Kier molecular flexibility index (Phi) is 6.55. The molecular formula is C19H21ClN4O3S2. The van der Waals surface area contributed by atoms with Crippen LogP contribution >= 0.6 is 23.7 Å². The number of fused-ring (bicyclic) bond motifs is 1. The average Bonchev–Trinajstić information content (AvgIpc) is 3.33. The van der Waals surface area contributed by atoms with Crippen LogP contribution < -0.4 is 11.1 Å². The molecule has 1 aromatic carbocycles. The lowest BCUT2D eigenvalue weighted by atomic mass is 10.2. The van der Waals surface area contributed by atoms with E-state index in [4.69, 9.17) is 5.73 Å². The standard InChI is InChI=1S/C19H20N4O3S2.ClH/c20-15-6-8-23(12-15)28(25,26)16-3-1-13(2-4-16)10-22-19(24)17-9-14-5-7-21-11-18(14)27-17;/h1-5,7,9,11,15H,6,8,10,12,20H2,(H,22,24);1H. The highest BCUT2D eigenvalue weighted by atomic mass is 35.5. The van der Waals surface area contributed by atoms with Gasteiger partial charge in [-0.05, 0) is 41.6 Å². The van der Waals surface area contributed by atoms with Crippen LogP contribution in [0.15, 0.2) is 53.7 Å². The number of carbonyl (C=O) groups excluding carboxylic acids is 1. The summed E-state index contributed by atoms with van der Waals surface area (Å²) in [5, 5.41) is 3.86. The van der Waals surface area contributed by atoms with E-state index in [1.54, 1.807) is 36.7 Å². The molecule has 1 aliphatic rings. The van der Waals surface area contributed by atoms with E-state index in [1.165, 1.54) is 15.6 Å². The largest absolute Gasteiger partial charge is 0.347 e. The van der Waals surface area contributed by atoms with E-state index in [9.17, 15) is 13.2 Å². The molecular weight excluding hydrogens is 432 g/mol. The Morgan fingerprint density at radius 1 is 1.28 bits per heavy atom. The van der Waals surface area contributed by atoms with Crippen LogP contribution in [0, 0.1) is 0 Å². The molecule has 1 aliphatic heterocycles. The first-order valence-electron chi connectivity index (χ1n) is 8.90. The molecule has 3 heterocycles. The average molecular weight is 453 g/mol. The molecule has 0 saturated carbocycles. The number of hydrogen-bond donors (Lipinski definition) is 2. The van der Waals surface area contributed by atoms with Crippen molar-refractivity contribution >= 4 is 49.8 Å². The summed E-state index contributed by atoms with van der Waals surface area (Å²) >= 11 is 1.39. The first kappa shape index (κ1) is 21.7. The van der Waals surface area contributed by atoms with Crippen LogP contribution in [0.25, 0.3) is 10.1 Å². The summed E-state index contributed by atoms with van der Waals surface area (Å²) in [4.78, 5) is 17.3. The number of nitrogens with one attached hydrogen (secondary N) is 1. The Morgan fingerprint density at radius 2 is 2.03 bits per heavy atom. The first-order chi connectivity index (χ1) is 13.4. The first-order valence-corrected chi connectivity index (χ1v) is 11.2. The minimum Gasteiger partial charge on any atom is -0.347 e. The number of aromatic nitrogens is 1. The Balaban J connectivity index is 0.00000240. The summed E-state index contributed by atoms with van der Waals surface area (Å²) in [5.41, 5.74) is 6.64. The molecule has 2 aromatic heterocycles. The second-order valence-electron chi connectivity index (χ2n) is 6.76. The van der Waals surface area contributed by atoms with Crippen molar-refractivity contribution < 1.29 is 13.2 Å². The molecule has 0 aliphatic carbocycles. The summed E-state index contributed by atoms with van der Waals surface area (Å²) in [6.45, 7) is 1.12. The molecule has 1 saturated heterocycles. The fourth-order valence-corrected chi connectivity index (χ4v) is 5.62. The van der Waals surface area contributed by atoms with Crippen molar-refractivity contribution in [3.63, 3.8) is 0 Å². The van der Waals surface area contributed by atoms with Crippen LogP contribution in [0.1, 0.15) is 21.7 Å². The number of nitrogens with two attached hydrogens (primary N) is 1. The molecule has 0 spiro atoms. The fraction of sp³-hybridized carbons (Fsp3) is 0.263. The van der Waals surface area contributed by atoms with Crippen molar-refractivity contribution in [1.29, 1.82) is 0 Å². The van der Waals surface area contributed by atoms with Crippen molar-refractivity contribution in [1.82, 2.24) is 14.6 Å². The van der Waals surface area contributed by atoms with Gasteiger partial charge in [-0.3, -0.25) is 9.78 Å². The molecule has 1 fully saturated rings. The summed E-state index contributed by atoms with van der Waals surface area (Å²) in [7, 11) is -3.52. The van der Waals surface area contributed by atoms with E-state index in [-0.39, 0.29) is 29.3 Å². The van der Waals surface area contributed by atoms with E-state index in [1.807, 2.05) is 12.1 Å². The Hall–Kier alpha value is -2.04. The molecule has 29 heavy (non-hydrogen) atoms. The van der Waals surface area contributed by atoms with Gasteiger partial charge in [0, 0.05) is 38.1 Å². The lowest BCUT2D eigenvalue weighted by Crippen LogP contribution is -2.32. The third-order valence-electron chi connectivity index (χ3n) is 4.75. The minimum absolute atomic E-state index is 0. The van der Waals surface area contributed by atoms with E-state index < -0.39 is 10.0 Å². The van der Waals surface area contributed by atoms with Gasteiger partial charge in [0.25, 0.3) is 5.91 Å². The van der Waals surface area contributed by atoms with E-state index in [0.29, 0.717) is 30.9 Å². The van der Waals surface area contributed by atoms with Crippen LogP contribution in [0.2, 0.25) is 0 Å². The topological polar surface area (TPSA) is 105 Å². The number of carbonyl (C=O) groups is 1. The molecule has 0 radical (unpaired) electrons. The SMILES string of the molecule is Cl.NC1CCN(S(=O)(=O)c2ccc(CNC(=O)c3cc4ccncc4s3)cc2)C1.